The molecule has 0 unspecified atom stereocenters. The van der Waals surface area contributed by atoms with Gasteiger partial charge in [0.15, 0.2) is 0 Å². The van der Waals surface area contributed by atoms with Gasteiger partial charge >= 0.3 is 0 Å². The summed E-state index contributed by atoms with van der Waals surface area (Å²) in [7, 11) is 0. The summed E-state index contributed by atoms with van der Waals surface area (Å²) in [6, 6.07) is 0. The summed E-state index contributed by atoms with van der Waals surface area (Å²) in [4.78, 5) is 0. The van der Waals surface area contributed by atoms with Crippen molar-refractivity contribution < 1.29 is 0 Å². The van der Waals surface area contributed by atoms with Crippen molar-refractivity contribution >= 4 is 17.4 Å². The summed E-state index contributed by atoms with van der Waals surface area (Å²) in [5.41, 5.74) is 5.83. The Morgan fingerprint density at radius 2 is 2.00 bits per heavy atom. The van der Waals surface area contributed by atoms with E-state index >= 15 is 0 Å². The van der Waals surface area contributed by atoms with Crippen LogP contribution < -0.4 is 5.73 Å². The number of anilines is 1. The quantitative estimate of drug-likeness (QED) is 0.790. The first-order valence-electron chi connectivity index (χ1n) is 5.74. The number of hydrogen-bond donors (Lipinski definition) is 1. The molecule has 0 aliphatic heterocycles. The predicted molar refractivity (Wildman–Crippen MR) is 62.8 cm³/mol. The van der Waals surface area contributed by atoms with Crippen LogP contribution in [0.3, 0.4) is 0 Å². The van der Waals surface area contributed by atoms with Gasteiger partial charge in [-0.25, -0.2) is 4.68 Å². The molecule has 1 heterocycles. The highest BCUT2D eigenvalue weighted by Crippen LogP contribution is 2.26. The summed E-state index contributed by atoms with van der Waals surface area (Å²) in [6.45, 7) is 0.929. The highest BCUT2D eigenvalue weighted by molar-refractivity contribution is 6.32. The molecule has 1 fully saturated rings. The van der Waals surface area contributed by atoms with Crippen LogP contribution in [0.4, 0.5) is 5.82 Å². The zero-order chi connectivity index (χ0) is 10.7. The van der Waals surface area contributed by atoms with Gasteiger partial charge in [-0.15, -0.1) is 0 Å². The van der Waals surface area contributed by atoms with Crippen molar-refractivity contribution in [3.05, 3.63) is 11.2 Å². The molecule has 3 nitrogen and oxygen atoms in total. The van der Waals surface area contributed by atoms with Gasteiger partial charge in [0.1, 0.15) is 10.8 Å². The third-order valence-electron chi connectivity index (χ3n) is 3.24. The predicted octanol–water partition coefficient (Wildman–Crippen LogP) is 3.09. The number of halogens is 1. The van der Waals surface area contributed by atoms with E-state index in [1.54, 1.807) is 6.20 Å². The minimum Gasteiger partial charge on any atom is -0.383 e. The Morgan fingerprint density at radius 3 is 2.53 bits per heavy atom. The standard InChI is InChI=1S/C11H18ClN3/c12-10-7-14-15(11(10)13)8-9-5-3-1-2-4-6-9/h7,9H,1-6,8,13H2. The van der Waals surface area contributed by atoms with Gasteiger partial charge in [0.05, 0.1) is 6.20 Å². The van der Waals surface area contributed by atoms with Gasteiger partial charge in [0, 0.05) is 6.54 Å². The first kappa shape index (κ1) is 10.8. The largest absolute Gasteiger partial charge is 0.383 e. The smallest absolute Gasteiger partial charge is 0.140 e. The van der Waals surface area contributed by atoms with Gasteiger partial charge < -0.3 is 5.73 Å². The zero-order valence-corrected chi connectivity index (χ0v) is 9.71. The van der Waals surface area contributed by atoms with Gasteiger partial charge in [0.25, 0.3) is 0 Å². The molecule has 0 spiro atoms. The second kappa shape index (κ2) is 4.88. The second-order valence-electron chi connectivity index (χ2n) is 4.42. The van der Waals surface area contributed by atoms with Crippen molar-refractivity contribution in [1.29, 1.82) is 0 Å². The van der Waals surface area contributed by atoms with E-state index in [4.69, 9.17) is 17.3 Å². The highest BCUT2D eigenvalue weighted by atomic mass is 35.5. The van der Waals surface area contributed by atoms with Crippen LogP contribution in [0.1, 0.15) is 38.5 Å². The Balaban J connectivity index is 1.98. The van der Waals surface area contributed by atoms with E-state index in [0.717, 1.165) is 12.5 Å². The van der Waals surface area contributed by atoms with E-state index in [9.17, 15) is 0 Å². The maximum absolute atomic E-state index is 5.87. The van der Waals surface area contributed by atoms with Crippen LogP contribution in [0.15, 0.2) is 6.20 Å². The van der Waals surface area contributed by atoms with Crippen molar-refractivity contribution in [3.8, 4) is 0 Å². The number of nitrogens with zero attached hydrogens (tertiary/aromatic N) is 2. The van der Waals surface area contributed by atoms with Crippen molar-refractivity contribution in [2.75, 3.05) is 5.73 Å². The second-order valence-corrected chi connectivity index (χ2v) is 4.82. The van der Waals surface area contributed by atoms with Gasteiger partial charge in [-0.2, -0.15) is 5.10 Å². The molecule has 84 valence electrons. The number of hydrogen-bond acceptors (Lipinski definition) is 2. The highest BCUT2D eigenvalue weighted by Gasteiger charge is 2.15. The van der Waals surface area contributed by atoms with Gasteiger partial charge in [0.2, 0.25) is 0 Å². The lowest BCUT2D eigenvalue weighted by atomic mass is 10.0. The normalized spacial score (nSPS) is 19.0. The molecular weight excluding hydrogens is 210 g/mol. The zero-order valence-electron chi connectivity index (χ0n) is 8.95. The Kier molecular flexibility index (Phi) is 3.52. The van der Waals surface area contributed by atoms with E-state index in [0.29, 0.717) is 10.8 Å². The number of aromatic nitrogens is 2. The summed E-state index contributed by atoms with van der Waals surface area (Å²) in [5.74, 6) is 1.34. The maximum Gasteiger partial charge on any atom is 0.140 e. The van der Waals surface area contributed by atoms with E-state index in [1.807, 2.05) is 4.68 Å². The summed E-state index contributed by atoms with van der Waals surface area (Å²) in [6.07, 6.45) is 9.69. The monoisotopic (exact) mass is 227 g/mol. The molecule has 0 amide bonds. The first-order valence-corrected chi connectivity index (χ1v) is 6.12. The van der Waals surface area contributed by atoms with Crippen LogP contribution >= 0.6 is 11.6 Å². The lowest BCUT2D eigenvalue weighted by Crippen LogP contribution is -2.13. The maximum atomic E-state index is 5.87. The van der Waals surface area contributed by atoms with Crippen molar-refractivity contribution in [1.82, 2.24) is 9.78 Å². The number of nitrogen functional groups attached to an aromatic ring is 1. The first-order chi connectivity index (χ1) is 7.27. The molecule has 1 aromatic rings. The lowest BCUT2D eigenvalue weighted by Gasteiger charge is -2.14. The minimum atomic E-state index is 0.573. The lowest BCUT2D eigenvalue weighted by molar-refractivity contribution is 0.379. The van der Waals surface area contributed by atoms with Crippen LogP contribution in [0.25, 0.3) is 0 Å². The van der Waals surface area contributed by atoms with Crippen LogP contribution in [-0.4, -0.2) is 9.78 Å². The van der Waals surface area contributed by atoms with Gasteiger partial charge in [-0.3, -0.25) is 0 Å². The Bertz CT molecular complexity index is 314. The molecule has 2 rings (SSSR count). The molecule has 4 heteroatoms. The molecule has 1 aliphatic rings. The topological polar surface area (TPSA) is 43.8 Å². The molecule has 0 radical (unpaired) electrons. The fourth-order valence-corrected chi connectivity index (χ4v) is 2.45. The van der Waals surface area contributed by atoms with Gasteiger partial charge in [-0.1, -0.05) is 37.3 Å². The molecule has 0 atom stereocenters. The summed E-state index contributed by atoms with van der Waals surface area (Å²) in [5, 5.41) is 4.77. The van der Waals surface area contributed by atoms with E-state index in [-0.39, 0.29) is 0 Å². The van der Waals surface area contributed by atoms with Crippen molar-refractivity contribution in [3.63, 3.8) is 0 Å². The number of rotatable bonds is 2. The summed E-state index contributed by atoms with van der Waals surface area (Å²) < 4.78 is 1.85. The fourth-order valence-electron chi connectivity index (χ4n) is 2.31. The fraction of sp³-hybridized carbons (Fsp3) is 0.727. The average molecular weight is 228 g/mol. The SMILES string of the molecule is Nc1c(Cl)cnn1CC1CCCCCC1. The number of nitrogens with two attached hydrogens (primary N) is 1. The molecule has 0 bridgehead atoms. The van der Waals surface area contributed by atoms with E-state index in [2.05, 4.69) is 5.10 Å². The molecule has 15 heavy (non-hydrogen) atoms. The van der Waals surface area contributed by atoms with Crippen LogP contribution in [0.5, 0.6) is 0 Å². The molecule has 0 saturated heterocycles. The Hall–Kier alpha value is -0.700. The Labute approximate surface area is 95.6 Å². The third-order valence-corrected chi connectivity index (χ3v) is 3.53. The third kappa shape index (κ3) is 2.65. The minimum absolute atomic E-state index is 0.573. The molecule has 1 saturated carbocycles. The van der Waals surface area contributed by atoms with Gasteiger partial charge in [-0.05, 0) is 18.8 Å². The molecule has 1 aliphatic carbocycles. The molecule has 2 N–H and O–H groups in total. The molecule has 0 aromatic carbocycles. The molecule has 1 aromatic heterocycles. The van der Waals surface area contributed by atoms with Crippen LogP contribution in [0, 0.1) is 5.92 Å². The summed E-state index contributed by atoms with van der Waals surface area (Å²) >= 11 is 5.87. The van der Waals surface area contributed by atoms with E-state index in [1.165, 1.54) is 38.5 Å². The van der Waals surface area contributed by atoms with Crippen molar-refractivity contribution in [2.45, 2.75) is 45.1 Å². The molecular formula is C11H18ClN3. The average Bonchev–Trinajstić information content (AvgIpc) is 2.50. The van der Waals surface area contributed by atoms with Crippen LogP contribution in [0.2, 0.25) is 5.02 Å². The van der Waals surface area contributed by atoms with Crippen LogP contribution in [-0.2, 0) is 6.54 Å². The Morgan fingerprint density at radius 1 is 1.33 bits per heavy atom. The van der Waals surface area contributed by atoms with Crippen molar-refractivity contribution in [2.24, 2.45) is 5.92 Å². The van der Waals surface area contributed by atoms with E-state index < -0.39 is 0 Å².